The van der Waals surface area contributed by atoms with Crippen LogP contribution >= 0.6 is 0 Å². The lowest BCUT2D eigenvalue weighted by molar-refractivity contribution is -0.125. The van der Waals surface area contributed by atoms with Crippen molar-refractivity contribution >= 4 is 11.8 Å². The smallest absolute Gasteiger partial charge is 0.259 e. The molecule has 1 atom stereocenters. The molecule has 1 spiro atoms. The first-order chi connectivity index (χ1) is 14.0. The van der Waals surface area contributed by atoms with Crippen molar-refractivity contribution in [2.24, 2.45) is 5.41 Å². The summed E-state index contributed by atoms with van der Waals surface area (Å²) in [5.41, 5.74) is 2.10. The number of hydrogen-bond acceptors (Lipinski definition) is 6. The van der Waals surface area contributed by atoms with Gasteiger partial charge in [0.15, 0.2) is 0 Å². The van der Waals surface area contributed by atoms with Gasteiger partial charge in [-0.1, -0.05) is 11.2 Å². The van der Waals surface area contributed by atoms with Gasteiger partial charge in [-0.05, 0) is 50.8 Å². The highest BCUT2D eigenvalue weighted by molar-refractivity contribution is 5.94. The number of likely N-dealkylation sites (N-methyl/N-ethyl adjacent to an activating group) is 1. The average Bonchev–Trinajstić information content (AvgIpc) is 3.30. The maximum atomic E-state index is 12.8. The number of rotatable bonds is 4. The van der Waals surface area contributed by atoms with Gasteiger partial charge in [-0.3, -0.25) is 19.5 Å². The van der Waals surface area contributed by atoms with Gasteiger partial charge in [0.05, 0.1) is 24.0 Å². The predicted molar refractivity (Wildman–Crippen MR) is 106 cm³/mol. The average molecular weight is 397 g/mol. The Hall–Kier alpha value is -2.74. The molecule has 0 aromatic carbocycles. The van der Waals surface area contributed by atoms with Crippen LogP contribution in [-0.2, 0) is 11.3 Å². The number of aryl methyl sites for hydroxylation is 1. The highest BCUT2D eigenvalue weighted by Gasteiger charge is 2.47. The van der Waals surface area contributed by atoms with E-state index < -0.39 is 0 Å². The molecule has 2 aromatic heterocycles. The van der Waals surface area contributed by atoms with Crippen LogP contribution < -0.4 is 5.32 Å². The molecule has 2 aliphatic rings. The summed E-state index contributed by atoms with van der Waals surface area (Å²) < 4.78 is 4.91. The van der Waals surface area contributed by atoms with Gasteiger partial charge in [0.2, 0.25) is 5.91 Å². The molecule has 0 aliphatic carbocycles. The maximum absolute atomic E-state index is 12.8. The van der Waals surface area contributed by atoms with Gasteiger partial charge in [0, 0.05) is 25.8 Å². The number of nitrogens with one attached hydrogen (secondary N) is 1. The molecule has 1 N–H and O–H groups in total. The summed E-state index contributed by atoms with van der Waals surface area (Å²) in [4.78, 5) is 33.7. The highest BCUT2D eigenvalue weighted by Crippen LogP contribution is 2.43. The van der Waals surface area contributed by atoms with E-state index in [-0.39, 0.29) is 23.3 Å². The zero-order valence-electron chi connectivity index (χ0n) is 16.9. The lowest BCUT2D eigenvalue weighted by Gasteiger charge is -2.39. The SMILES string of the molecule is Cc1nocc1C(=O)N1CCC2(CC1)CC(C(=O)NCc1ccccn1)N(C)C2. The molecular weight excluding hydrogens is 370 g/mol. The Morgan fingerprint density at radius 1 is 1.31 bits per heavy atom. The fraction of sp³-hybridized carbons (Fsp3) is 0.524. The Balaban J connectivity index is 1.33. The van der Waals surface area contributed by atoms with Gasteiger partial charge in [-0.15, -0.1) is 0 Å². The van der Waals surface area contributed by atoms with Crippen molar-refractivity contribution in [2.75, 3.05) is 26.7 Å². The lowest BCUT2D eigenvalue weighted by atomic mass is 9.76. The quantitative estimate of drug-likeness (QED) is 0.843. The number of pyridine rings is 1. The van der Waals surface area contributed by atoms with Crippen molar-refractivity contribution in [1.29, 1.82) is 0 Å². The number of nitrogens with zero attached hydrogens (tertiary/aromatic N) is 4. The van der Waals surface area contributed by atoms with Crippen LogP contribution in [0.5, 0.6) is 0 Å². The summed E-state index contributed by atoms with van der Waals surface area (Å²) in [6, 6.07) is 5.55. The van der Waals surface area contributed by atoms with E-state index in [2.05, 4.69) is 20.4 Å². The predicted octanol–water partition coefficient (Wildman–Crippen LogP) is 1.62. The van der Waals surface area contributed by atoms with Crippen molar-refractivity contribution in [3.63, 3.8) is 0 Å². The third kappa shape index (κ3) is 4.03. The van der Waals surface area contributed by atoms with Crippen LogP contribution in [0.25, 0.3) is 0 Å². The second-order valence-electron chi connectivity index (χ2n) is 8.28. The van der Waals surface area contributed by atoms with E-state index in [1.54, 1.807) is 13.1 Å². The number of carbonyl (C=O) groups excluding carboxylic acids is 2. The topological polar surface area (TPSA) is 91.6 Å². The van der Waals surface area contributed by atoms with E-state index in [9.17, 15) is 9.59 Å². The molecule has 0 saturated carbocycles. The normalized spacial score (nSPS) is 21.4. The number of piperidine rings is 1. The molecule has 4 heterocycles. The molecule has 0 bridgehead atoms. The van der Waals surface area contributed by atoms with Crippen molar-refractivity contribution in [3.05, 3.63) is 47.6 Å². The summed E-state index contributed by atoms with van der Waals surface area (Å²) in [6.45, 7) is 4.49. The molecule has 1 unspecified atom stereocenters. The van der Waals surface area contributed by atoms with E-state index in [1.165, 1.54) is 6.26 Å². The third-order valence-corrected chi connectivity index (χ3v) is 6.31. The largest absolute Gasteiger partial charge is 0.364 e. The molecule has 4 rings (SSSR count). The first-order valence-electron chi connectivity index (χ1n) is 10.1. The van der Waals surface area contributed by atoms with E-state index in [0.717, 1.165) is 31.5 Å². The lowest BCUT2D eigenvalue weighted by Crippen LogP contribution is -2.44. The van der Waals surface area contributed by atoms with Crippen LogP contribution in [0, 0.1) is 12.3 Å². The van der Waals surface area contributed by atoms with E-state index in [1.807, 2.05) is 30.1 Å². The number of aromatic nitrogens is 2. The van der Waals surface area contributed by atoms with Crippen LogP contribution in [0.15, 0.2) is 35.2 Å². The molecule has 2 aromatic rings. The summed E-state index contributed by atoms with van der Waals surface area (Å²) in [6.07, 6.45) is 5.78. The number of hydrogen-bond donors (Lipinski definition) is 1. The van der Waals surface area contributed by atoms with Crippen LogP contribution in [0.3, 0.4) is 0 Å². The van der Waals surface area contributed by atoms with Crippen molar-refractivity contribution in [2.45, 2.75) is 38.8 Å². The molecule has 2 saturated heterocycles. The van der Waals surface area contributed by atoms with Crippen molar-refractivity contribution < 1.29 is 14.1 Å². The number of amides is 2. The molecule has 29 heavy (non-hydrogen) atoms. The number of likely N-dealkylation sites (tertiary alicyclic amines) is 2. The fourth-order valence-corrected chi connectivity index (χ4v) is 4.58. The zero-order chi connectivity index (χ0) is 20.4. The minimum absolute atomic E-state index is 0.0189. The molecule has 0 radical (unpaired) electrons. The Kier molecular flexibility index (Phi) is 5.36. The van der Waals surface area contributed by atoms with Gasteiger partial charge < -0.3 is 14.7 Å². The number of carbonyl (C=O) groups is 2. The summed E-state index contributed by atoms with van der Waals surface area (Å²) in [7, 11) is 2.01. The fourth-order valence-electron chi connectivity index (χ4n) is 4.58. The van der Waals surface area contributed by atoms with Gasteiger partial charge >= 0.3 is 0 Å². The molecule has 8 nitrogen and oxygen atoms in total. The molecule has 8 heteroatoms. The molecule has 2 fully saturated rings. The van der Waals surface area contributed by atoms with E-state index in [4.69, 9.17) is 4.52 Å². The van der Waals surface area contributed by atoms with Crippen LogP contribution in [0.4, 0.5) is 0 Å². The van der Waals surface area contributed by atoms with E-state index in [0.29, 0.717) is 30.9 Å². The Morgan fingerprint density at radius 2 is 2.10 bits per heavy atom. The van der Waals surface area contributed by atoms with Crippen molar-refractivity contribution in [1.82, 2.24) is 25.3 Å². The van der Waals surface area contributed by atoms with Gasteiger partial charge in [-0.25, -0.2) is 0 Å². The monoisotopic (exact) mass is 397 g/mol. The van der Waals surface area contributed by atoms with E-state index >= 15 is 0 Å². The zero-order valence-corrected chi connectivity index (χ0v) is 16.9. The summed E-state index contributed by atoms with van der Waals surface area (Å²) in [5, 5.41) is 6.82. The Morgan fingerprint density at radius 3 is 2.76 bits per heavy atom. The molecule has 2 aliphatic heterocycles. The first-order valence-corrected chi connectivity index (χ1v) is 10.1. The first kappa shape index (κ1) is 19.6. The summed E-state index contributed by atoms with van der Waals surface area (Å²) >= 11 is 0. The van der Waals surface area contributed by atoms with Crippen LogP contribution in [-0.4, -0.2) is 64.5 Å². The minimum Gasteiger partial charge on any atom is -0.364 e. The molecular formula is C21H27N5O3. The second-order valence-corrected chi connectivity index (χ2v) is 8.28. The highest BCUT2D eigenvalue weighted by atomic mass is 16.5. The van der Waals surface area contributed by atoms with Gasteiger partial charge in [0.25, 0.3) is 5.91 Å². The third-order valence-electron chi connectivity index (χ3n) is 6.31. The maximum Gasteiger partial charge on any atom is 0.259 e. The standard InChI is InChI=1S/C21H27N5O3/c1-15-17(13-29-24-15)20(28)26-9-6-21(7-10-26)11-18(25(2)14-21)19(27)23-12-16-5-3-4-8-22-16/h3-5,8,13,18H,6-7,9-12,14H2,1-2H3,(H,23,27). The molecule has 2 amide bonds. The van der Waals surface area contributed by atoms with Crippen LogP contribution in [0.2, 0.25) is 0 Å². The molecule has 154 valence electrons. The minimum atomic E-state index is -0.138. The second kappa shape index (κ2) is 7.94. The Labute approximate surface area is 170 Å². The van der Waals surface area contributed by atoms with Gasteiger partial charge in [-0.2, -0.15) is 0 Å². The summed E-state index contributed by atoms with van der Waals surface area (Å²) in [5.74, 6) is 0.0308. The van der Waals surface area contributed by atoms with Crippen molar-refractivity contribution in [3.8, 4) is 0 Å². The van der Waals surface area contributed by atoms with Gasteiger partial charge in [0.1, 0.15) is 11.8 Å². The Bertz CT molecular complexity index is 873. The van der Waals surface area contributed by atoms with Crippen LogP contribution in [0.1, 0.15) is 41.0 Å².